The molecular formula is C11H14BrFO. The highest BCUT2D eigenvalue weighted by atomic mass is 79.9. The van der Waals surface area contributed by atoms with Crippen LogP contribution in [0.25, 0.3) is 0 Å². The second-order valence-electron chi connectivity index (χ2n) is 3.08. The monoisotopic (exact) mass is 260 g/mol. The van der Waals surface area contributed by atoms with Gasteiger partial charge in [-0.3, -0.25) is 0 Å². The Bertz CT molecular complexity index is 240. The lowest BCUT2D eigenvalue weighted by Gasteiger charge is -2.05. The molecule has 1 rings (SSSR count). The van der Waals surface area contributed by atoms with E-state index < -0.39 is 6.17 Å². The van der Waals surface area contributed by atoms with Crippen LogP contribution >= 0.6 is 15.9 Å². The summed E-state index contributed by atoms with van der Waals surface area (Å²) >= 11 is 3.08. The van der Waals surface area contributed by atoms with Crippen LogP contribution in [0.15, 0.2) is 30.3 Å². The number of hydrogen-bond acceptors (Lipinski definition) is 1. The summed E-state index contributed by atoms with van der Waals surface area (Å²) < 4.78 is 18.1. The first-order valence-corrected chi connectivity index (χ1v) is 5.77. The lowest BCUT2D eigenvalue weighted by atomic mass is 10.2. The van der Waals surface area contributed by atoms with Gasteiger partial charge in [-0.15, -0.1) is 0 Å². The average Bonchev–Trinajstić information content (AvgIpc) is 2.25. The zero-order valence-corrected chi connectivity index (χ0v) is 9.54. The van der Waals surface area contributed by atoms with Crippen molar-refractivity contribution in [1.82, 2.24) is 0 Å². The van der Waals surface area contributed by atoms with Crippen molar-refractivity contribution in [3.05, 3.63) is 35.9 Å². The third kappa shape index (κ3) is 4.72. The molecule has 0 aliphatic rings. The Morgan fingerprint density at radius 1 is 1.29 bits per heavy atom. The molecule has 3 heteroatoms. The topological polar surface area (TPSA) is 9.23 Å². The number of halogens is 2. The molecule has 0 aliphatic carbocycles. The van der Waals surface area contributed by atoms with Crippen LogP contribution in [0.4, 0.5) is 4.39 Å². The minimum atomic E-state index is -0.800. The molecule has 0 saturated carbocycles. The highest BCUT2D eigenvalue weighted by Crippen LogP contribution is 2.04. The van der Waals surface area contributed by atoms with Crippen molar-refractivity contribution in [2.45, 2.75) is 19.2 Å². The SMILES string of the molecule is FC(CBr)CCOCc1ccccc1. The lowest BCUT2D eigenvalue weighted by Crippen LogP contribution is -2.06. The molecule has 14 heavy (non-hydrogen) atoms. The maximum Gasteiger partial charge on any atom is 0.112 e. The summed E-state index contributed by atoms with van der Waals surface area (Å²) in [5.41, 5.74) is 1.13. The fraction of sp³-hybridized carbons (Fsp3) is 0.455. The summed E-state index contributed by atoms with van der Waals surface area (Å²) in [6.07, 6.45) is -0.344. The molecule has 0 amide bonds. The Morgan fingerprint density at radius 2 is 2.00 bits per heavy atom. The smallest absolute Gasteiger partial charge is 0.112 e. The van der Waals surface area contributed by atoms with E-state index in [0.717, 1.165) is 5.56 Å². The third-order valence-corrected chi connectivity index (χ3v) is 2.56. The van der Waals surface area contributed by atoms with E-state index in [1.165, 1.54) is 0 Å². The average molecular weight is 261 g/mol. The minimum Gasteiger partial charge on any atom is -0.377 e. The Labute approximate surface area is 92.4 Å². The van der Waals surface area contributed by atoms with Gasteiger partial charge in [0.2, 0.25) is 0 Å². The van der Waals surface area contributed by atoms with Crippen molar-refractivity contribution in [3.8, 4) is 0 Å². The summed E-state index contributed by atoms with van der Waals surface area (Å²) in [6.45, 7) is 1.04. The van der Waals surface area contributed by atoms with E-state index in [0.29, 0.717) is 25.0 Å². The van der Waals surface area contributed by atoms with Crippen molar-refractivity contribution in [1.29, 1.82) is 0 Å². The molecular weight excluding hydrogens is 247 g/mol. The molecule has 78 valence electrons. The standard InChI is InChI=1S/C11H14BrFO/c12-8-11(13)6-7-14-9-10-4-2-1-3-5-10/h1-5,11H,6-9H2. The van der Waals surface area contributed by atoms with Gasteiger partial charge in [0, 0.05) is 18.4 Å². The van der Waals surface area contributed by atoms with Gasteiger partial charge in [0.25, 0.3) is 0 Å². The summed E-state index contributed by atoms with van der Waals surface area (Å²) in [5, 5.41) is 0.391. The van der Waals surface area contributed by atoms with Gasteiger partial charge in [0.05, 0.1) is 6.61 Å². The predicted octanol–water partition coefficient (Wildman–Crippen LogP) is 3.33. The van der Waals surface area contributed by atoms with Gasteiger partial charge < -0.3 is 4.74 Å². The van der Waals surface area contributed by atoms with Gasteiger partial charge in [0.15, 0.2) is 0 Å². The Kier molecular flexibility index (Phi) is 5.80. The van der Waals surface area contributed by atoms with Crippen molar-refractivity contribution in [2.75, 3.05) is 11.9 Å². The predicted molar refractivity (Wildman–Crippen MR) is 59.4 cm³/mol. The molecule has 0 aliphatic heterocycles. The first-order chi connectivity index (χ1) is 6.83. The zero-order chi connectivity index (χ0) is 10.2. The molecule has 0 heterocycles. The molecule has 0 radical (unpaired) electrons. The maximum absolute atomic E-state index is 12.7. The molecule has 1 unspecified atom stereocenters. The molecule has 0 fully saturated rings. The normalized spacial score (nSPS) is 12.7. The molecule has 1 aromatic rings. The van der Waals surface area contributed by atoms with Crippen LogP contribution in [0.2, 0.25) is 0 Å². The van der Waals surface area contributed by atoms with E-state index in [1.807, 2.05) is 30.3 Å². The van der Waals surface area contributed by atoms with E-state index in [-0.39, 0.29) is 0 Å². The molecule has 0 spiro atoms. The summed E-state index contributed by atoms with van der Waals surface area (Å²) in [4.78, 5) is 0. The second-order valence-corrected chi connectivity index (χ2v) is 3.73. The first kappa shape index (κ1) is 11.7. The minimum absolute atomic E-state index is 0.391. The van der Waals surface area contributed by atoms with Crippen LogP contribution in [0, 0.1) is 0 Å². The summed E-state index contributed by atoms with van der Waals surface area (Å²) in [6, 6.07) is 9.89. The van der Waals surface area contributed by atoms with Crippen LogP contribution < -0.4 is 0 Å². The van der Waals surface area contributed by atoms with E-state index in [4.69, 9.17) is 4.74 Å². The van der Waals surface area contributed by atoms with Gasteiger partial charge >= 0.3 is 0 Å². The van der Waals surface area contributed by atoms with Gasteiger partial charge in [0.1, 0.15) is 6.17 Å². The van der Waals surface area contributed by atoms with E-state index in [9.17, 15) is 4.39 Å². The van der Waals surface area contributed by atoms with Crippen molar-refractivity contribution in [3.63, 3.8) is 0 Å². The number of hydrogen-bond donors (Lipinski definition) is 0. The van der Waals surface area contributed by atoms with Crippen molar-refractivity contribution >= 4 is 15.9 Å². The molecule has 0 aromatic heterocycles. The van der Waals surface area contributed by atoms with Crippen LogP contribution in [0.3, 0.4) is 0 Å². The number of ether oxygens (including phenoxy) is 1. The quantitative estimate of drug-likeness (QED) is 0.563. The lowest BCUT2D eigenvalue weighted by molar-refractivity contribution is 0.103. The second kappa shape index (κ2) is 6.96. The van der Waals surface area contributed by atoms with E-state index in [2.05, 4.69) is 15.9 Å². The van der Waals surface area contributed by atoms with Crippen molar-refractivity contribution in [2.24, 2.45) is 0 Å². The maximum atomic E-state index is 12.7. The Morgan fingerprint density at radius 3 is 2.64 bits per heavy atom. The van der Waals surface area contributed by atoms with Gasteiger partial charge in [-0.05, 0) is 5.56 Å². The number of rotatable bonds is 6. The fourth-order valence-corrected chi connectivity index (χ4v) is 1.38. The highest BCUT2D eigenvalue weighted by Gasteiger charge is 2.02. The largest absolute Gasteiger partial charge is 0.377 e. The van der Waals surface area contributed by atoms with Crippen LogP contribution in [-0.2, 0) is 11.3 Å². The first-order valence-electron chi connectivity index (χ1n) is 4.64. The Balaban J connectivity index is 2.10. The summed E-state index contributed by atoms with van der Waals surface area (Å²) in [7, 11) is 0. The van der Waals surface area contributed by atoms with Crippen LogP contribution in [0.1, 0.15) is 12.0 Å². The van der Waals surface area contributed by atoms with Gasteiger partial charge in [-0.2, -0.15) is 0 Å². The van der Waals surface area contributed by atoms with Crippen molar-refractivity contribution < 1.29 is 9.13 Å². The van der Waals surface area contributed by atoms with Gasteiger partial charge in [-0.1, -0.05) is 46.3 Å². The number of alkyl halides is 2. The molecule has 0 bridgehead atoms. The fourth-order valence-electron chi connectivity index (χ4n) is 1.05. The zero-order valence-electron chi connectivity index (χ0n) is 7.96. The van der Waals surface area contributed by atoms with Crippen LogP contribution in [0.5, 0.6) is 0 Å². The van der Waals surface area contributed by atoms with Crippen LogP contribution in [-0.4, -0.2) is 18.1 Å². The number of benzene rings is 1. The molecule has 1 atom stereocenters. The molecule has 1 nitrogen and oxygen atoms in total. The molecule has 1 aromatic carbocycles. The highest BCUT2D eigenvalue weighted by molar-refractivity contribution is 9.09. The molecule has 0 N–H and O–H groups in total. The summed E-state index contributed by atoms with van der Waals surface area (Å²) in [5.74, 6) is 0. The van der Waals surface area contributed by atoms with Gasteiger partial charge in [-0.25, -0.2) is 4.39 Å². The van der Waals surface area contributed by atoms with E-state index in [1.54, 1.807) is 0 Å². The third-order valence-electron chi connectivity index (χ3n) is 1.85. The Hall–Kier alpha value is -0.410. The van der Waals surface area contributed by atoms with E-state index >= 15 is 0 Å². The molecule has 0 saturated heterocycles.